The van der Waals surface area contributed by atoms with E-state index in [1.165, 1.54) is 17.3 Å². The average Bonchev–Trinajstić information content (AvgIpc) is 2.38. The standard InChI is InChI=1S/C14H19NO4S/c1-10-3-2-4-11(7-10)8-20-9-13(17)15-12(5-6-16)14(18)19/h2-4,7,12,16H,5-6,8-9H2,1H3,(H,15,17)(H,18,19)/t12-/m1/s1. The number of hydrogen-bond acceptors (Lipinski definition) is 4. The monoisotopic (exact) mass is 297 g/mol. The zero-order chi connectivity index (χ0) is 15.0. The fourth-order valence-corrected chi connectivity index (χ4v) is 2.47. The lowest BCUT2D eigenvalue weighted by Gasteiger charge is -2.12. The van der Waals surface area contributed by atoms with Crippen molar-refractivity contribution in [2.24, 2.45) is 0 Å². The molecule has 0 aliphatic heterocycles. The molecule has 0 unspecified atom stereocenters. The van der Waals surface area contributed by atoms with E-state index in [4.69, 9.17) is 10.2 Å². The first-order chi connectivity index (χ1) is 9.52. The van der Waals surface area contributed by atoms with Crippen molar-refractivity contribution < 1.29 is 19.8 Å². The molecule has 0 heterocycles. The molecule has 20 heavy (non-hydrogen) atoms. The van der Waals surface area contributed by atoms with E-state index in [2.05, 4.69) is 11.4 Å². The summed E-state index contributed by atoms with van der Waals surface area (Å²) in [5.41, 5.74) is 2.30. The predicted molar refractivity (Wildman–Crippen MR) is 78.6 cm³/mol. The van der Waals surface area contributed by atoms with Gasteiger partial charge in [0.15, 0.2) is 0 Å². The Morgan fingerprint density at radius 1 is 1.40 bits per heavy atom. The quantitative estimate of drug-likeness (QED) is 0.671. The molecule has 3 N–H and O–H groups in total. The number of hydrogen-bond donors (Lipinski definition) is 3. The van der Waals surface area contributed by atoms with Crippen LogP contribution in [0.3, 0.4) is 0 Å². The molecule has 110 valence electrons. The summed E-state index contributed by atoms with van der Waals surface area (Å²) < 4.78 is 0. The molecule has 0 spiro atoms. The number of aliphatic hydroxyl groups excluding tert-OH is 1. The van der Waals surface area contributed by atoms with E-state index in [1.807, 2.05) is 25.1 Å². The van der Waals surface area contributed by atoms with Gasteiger partial charge in [-0.2, -0.15) is 0 Å². The van der Waals surface area contributed by atoms with Crippen LogP contribution in [0.15, 0.2) is 24.3 Å². The summed E-state index contributed by atoms with van der Waals surface area (Å²) in [6.07, 6.45) is 0.0175. The maximum atomic E-state index is 11.6. The first-order valence-corrected chi connectivity index (χ1v) is 7.44. The van der Waals surface area contributed by atoms with Gasteiger partial charge in [0.25, 0.3) is 0 Å². The largest absolute Gasteiger partial charge is 0.480 e. The lowest BCUT2D eigenvalue weighted by Crippen LogP contribution is -2.42. The van der Waals surface area contributed by atoms with Crippen LogP contribution >= 0.6 is 11.8 Å². The molecular weight excluding hydrogens is 278 g/mol. The van der Waals surface area contributed by atoms with Crippen molar-refractivity contribution in [3.05, 3.63) is 35.4 Å². The minimum absolute atomic E-state index is 0.0175. The van der Waals surface area contributed by atoms with Crippen molar-refractivity contribution in [2.45, 2.75) is 25.1 Å². The van der Waals surface area contributed by atoms with Gasteiger partial charge in [-0.05, 0) is 12.5 Å². The van der Waals surface area contributed by atoms with Gasteiger partial charge in [0.05, 0.1) is 5.75 Å². The number of aryl methyl sites for hydroxylation is 1. The highest BCUT2D eigenvalue weighted by molar-refractivity contribution is 7.99. The van der Waals surface area contributed by atoms with Crippen LogP contribution in [0.25, 0.3) is 0 Å². The Labute approximate surface area is 122 Å². The zero-order valence-electron chi connectivity index (χ0n) is 11.3. The number of carboxylic acids is 1. The number of carbonyl (C=O) groups is 2. The second kappa shape index (κ2) is 8.60. The van der Waals surface area contributed by atoms with E-state index in [9.17, 15) is 9.59 Å². The molecule has 6 heteroatoms. The van der Waals surface area contributed by atoms with Crippen molar-refractivity contribution in [1.29, 1.82) is 0 Å². The number of amides is 1. The van der Waals surface area contributed by atoms with Gasteiger partial charge in [0.1, 0.15) is 6.04 Å². The third-order valence-corrected chi connectivity index (χ3v) is 3.64. The van der Waals surface area contributed by atoms with Gasteiger partial charge in [-0.1, -0.05) is 29.8 Å². The Morgan fingerprint density at radius 3 is 2.75 bits per heavy atom. The second-order valence-electron chi connectivity index (χ2n) is 4.45. The highest BCUT2D eigenvalue weighted by Gasteiger charge is 2.18. The Balaban J connectivity index is 2.34. The second-order valence-corrected chi connectivity index (χ2v) is 5.44. The number of carbonyl (C=O) groups excluding carboxylic acids is 1. The maximum Gasteiger partial charge on any atom is 0.326 e. The molecule has 0 saturated heterocycles. The molecule has 0 aromatic heterocycles. The molecule has 0 saturated carbocycles. The van der Waals surface area contributed by atoms with Crippen LogP contribution in [0.1, 0.15) is 17.5 Å². The molecule has 0 aliphatic rings. The van der Waals surface area contributed by atoms with Gasteiger partial charge in [-0.15, -0.1) is 11.8 Å². The summed E-state index contributed by atoms with van der Waals surface area (Å²) in [5.74, 6) is -0.560. The fraction of sp³-hybridized carbons (Fsp3) is 0.429. The average molecular weight is 297 g/mol. The Bertz CT molecular complexity index is 464. The Kier molecular flexibility index (Phi) is 7.11. The topological polar surface area (TPSA) is 86.6 Å². The van der Waals surface area contributed by atoms with Crippen molar-refractivity contribution >= 4 is 23.6 Å². The van der Waals surface area contributed by atoms with E-state index in [-0.39, 0.29) is 24.7 Å². The number of aliphatic carboxylic acids is 1. The number of nitrogens with one attached hydrogen (secondary N) is 1. The van der Waals surface area contributed by atoms with Gasteiger partial charge in [-0.25, -0.2) is 4.79 Å². The first-order valence-electron chi connectivity index (χ1n) is 6.29. The van der Waals surface area contributed by atoms with E-state index < -0.39 is 12.0 Å². The van der Waals surface area contributed by atoms with Gasteiger partial charge >= 0.3 is 5.97 Å². The van der Waals surface area contributed by atoms with E-state index >= 15 is 0 Å². The number of aliphatic hydroxyl groups is 1. The Morgan fingerprint density at radius 2 is 2.15 bits per heavy atom. The maximum absolute atomic E-state index is 11.6. The number of thioether (sulfide) groups is 1. The smallest absolute Gasteiger partial charge is 0.326 e. The van der Waals surface area contributed by atoms with Crippen LogP contribution in [-0.4, -0.2) is 40.5 Å². The molecular formula is C14H19NO4S. The van der Waals surface area contributed by atoms with Gasteiger partial charge < -0.3 is 15.5 Å². The Hall–Kier alpha value is -1.53. The molecule has 1 aromatic rings. The molecule has 0 radical (unpaired) electrons. The van der Waals surface area contributed by atoms with Crippen molar-refractivity contribution in [1.82, 2.24) is 5.32 Å². The fourth-order valence-electron chi connectivity index (χ4n) is 1.69. The molecule has 0 fully saturated rings. The summed E-state index contributed by atoms with van der Waals surface area (Å²) in [5, 5.41) is 20.0. The highest BCUT2D eigenvalue weighted by Crippen LogP contribution is 2.13. The first kappa shape index (κ1) is 16.5. The van der Waals surface area contributed by atoms with Crippen molar-refractivity contribution in [3.8, 4) is 0 Å². The summed E-state index contributed by atoms with van der Waals surface area (Å²) in [7, 11) is 0. The molecule has 1 amide bonds. The van der Waals surface area contributed by atoms with Gasteiger partial charge in [0, 0.05) is 18.8 Å². The van der Waals surface area contributed by atoms with Crippen LogP contribution in [0.4, 0.5) is 0 Å². The number of benzene rings is 1. The minimum atomic E-state index is -1.13. The molecule has 1 aromatic carbocycles. The van der Waals surface area contributed by atoms with Crippen molar-refractivity contribution in [2.75, 3.05) is 12.4 Å². The molecule has 0 bridgehead atoms. The van der Waals surface area contributed by atoms with Crippen molar-refractivity contribution in [3.63, 3.8) is 0 Å². The highest BCUT2D eigenvalue weighted by atomic mass is 32.2. The lowest BCUT2D eigenvalue weighted by atomic mass is 10.2. The minimum Gasteiger partial charge on any atom is -0.480 e. The summed E-state index contributed by atoms with van der Waals surface area (Å²) >= 11 is 1.43. The van der Waals surface area contributed by atoms with E-state index in [0.29, 0.717) is 5.75 Å². The van der Waals surface area contributed by atoms with Crippen LogP contribution in [-0.2, 0) is 15.3 Å². The molecule has 1 rings (SSSR count). The third kappa shape index (κ3) is 6.08. The summed E-state index contributed by atoms with van der Waals surface area (Å²) in [6, 6.07) is 6.99. The summed E-state index contributed by atoms with van der Waals surface area (Å²) in [6.45, 7) is 1.74. The molecule has 1 atom stereocenters. The number of rotatable bonds is 8. The van der Waals surface area contributed by atoms with Crippen LogP contribution < -0.4 is 5.32 Å². The molecule has 0 aliphatic carbocycles. The van der Waals surface area contributed by atoms with Gasteiger partial charge in [0.2, 0.25) is 5.91 Å². The third-order valence-electron chi connectivity index (χ3n) is 2.64. The van der Waals surface area contributed by atoms with E-state index in [0.717, 1.165) is 5.56 Å². The predicted octanol–water partition coefficient (Wildman–Crippen LogP) is 1.18. The van der Waals surface area contributed by atoms with Crippen LogP contribution in [0.2, 0.25) is 0 Å². The molecule has 5 nitrogen and oxygen atoms in total. The summed E-state index contributed by atoms with van der Waals surface area (Å²) in [4.78, 5) is 22.4. The van der Waals surface area contributed by atoms with Crippen LogP contribution in [0, 0.1) is 6.92 Å². The zero-order valence-corrected chi connectivity index (χ0v) is 12.2. The normalized spacial score (nSPS) is 11.9. The SMILES string of the molecule is Cc1cccc(CSCC(=O)N[C@H](CCO)C(=O)O)c1. The van der Waals surface area contributed by atoms with Gasteiger partial charge in [-0.3, -0.25) is 4.79 Å². The van der Waals surface area contributed by atoms with Crippen LogP contribution in [0.5, 0.6) is 0 Å². The number of carboxylic acid groups (broad SMARTS) is 1. The lowest BCUT2D eigenvalue weighted by molar-refractivity contribution is -0.141. The van der Waals surface area contributed by atoms with E-state index in [1.54, 1.807) is 0 Å².